The maximum atomic E-state index is 12.8. The largest absolute Gasteiger partial charge is 0.434 e. The van der Waals surface area contributed by atoms with Gasteiger partial charge >= 0.3 is 5.76 Å². The molecule has 0 bridgehead atoms. The van der Waals surface area contributed by atoms with Gasteiger partial charge in [0.1, 0.15) is 5.69 Å². The van der Waals surface area contributed by atoms with Crippen LogP contribution in [0.3, 0.4) is 0 Å². The summed E-state index contributed by atoms with van der Waals surface area (Å²) in [5.74, 6) is -0.906. The predicted octanol–water partition coefficient (Wildman–Crippen LogP) is 2.76. The van der Waals surface area contributed by atoms with Crippen molar-refractivity contribution in [3.05, 3.63) is 50.2 Å². The predicted molar refractivity (Wildman–Crippen MR) is 111 cm³/mol. The standard InChI is InChI=1S/C18H18Cl2N6O3/c1-8-13(19)14(20)15(22-8)16(27)23-11-3-2-9(17-24-25-18(28)29-17)6-12(11)26-5-4-10(21)7-26/h2-3,6,10,22H,4-5,7,21H2,1H3,(H,23,27)(H,25,28)/t10-/m0/s1. The molecule has 29 heavy (non-hydrogen) atoms. The molecule has 0 spiro atoms. The average molecular weight is 437 g/mol. The van der Waals surface area contributed by atoms with Crippen LogP contribution in [0.25, 0.3) is 11.5 Å². The number of amides is 1. The van der Waals surface area contributed by atoms with Crippen molar-refractivity contribution in [3.63, 3.8) is 0 Å². The fourth-order valence-corrected chi connectivity index (χ4v) is 3.72. The Bertz CT molecular complexity index is 1140. The maximum absolute atomic E-state index is 12.8. The molecule has 11 heteroatoms. The van der Waals surface area contributed by atoms with Crippen molar-refractivity contribution in [2.24, 2.45) is 5.73 Å². The highest BCUT2D eigenvalue weighted by molar-refractivity contribution is 6.44. The first kappa shape index (κ1) is 19.6. The summed E-state index contributed by atoms with van der Waals surface area (Å²) >= 11 is 12.2. The van der Waals surface area contributed by atoms with E-state index in [1.807, 2.05) is 0 Å². The van der Waals surface area contributed by atoms with Crippen LogP contribution >= 0.6 is 23.2 Å². The fraction of sp³-hybridized carbons (Fsp3) is 0.278. The highest BCUT2D eigenvalue weighted by atomic mass is 35.5. The molecule has 1 atom stereocenters. The molecule has 0 saturated carbocycles. The number of rotatable bonds is 4. The van der Waals surface area contributed by atoms with Gasteiger partial charge in [0.2, 0.25) is 5.89 Å². The Kier molecular flexibility index (Phi) is 5.12. The molecule has 0 aliphatic carbocycles. The molecule has 1 aromatic carbocycles. The number of aromatic amines is 2. The number of carbonyl (C=O) groups is 1. The van der Waals surface area contributed by atoms with Crippen LogP contribution in [0.5, 0.6) is 0 Å². The Labute approximate surface area is 175 Å². The molecular formula is C18H18Cl2N6O3. The van der Waals surface area contributed by atoms with Crippen molar-refractivity contribution < 1.29 is 9.21 Å². The van der Waals surface area contributed by atoms with E-state index in [0.29, 0.717) is 28.5 Å². The molecule has 2 aromatic heterocycles. The fourth-order valence-electron chi connectivity index (χ4n) is 3.30. The van der Waals surface area contributed by atoms with Gasteiger partial charge in [0.05, 0.1) is 21.4 Å². The van der Waals surface area contributed by atoms with Gasteiger partial charge in [-0.1, -0.05) is 23.2 Å². The molecule has 5 N–H and O–H groups in total. The molecule has 1 aliphatic heterocycles. The zero-order valence-electron chi connectivity index (χ0n) is 15.4. The van der Waals surface area contributed by atoms with Gasteiger partial charge in [-0.15, -0.1) is 5.10 Å². The van der Waals surface area contributed by atoms with Crippen molar-refractivity contribution in [1.29, 1.82) is 0 Å². The van der Waals surface area contributed by atoms with E-state index in [1.54, 1.807) is 25.1 Å². The number of anilines is 2. The van der Waals surface area contributed by atoms with E-state index in [-0.39, 0.29) is 22.6 Å². The van der Waals surface area contributed by atoms with Crippen molar-refractivity contribution in [3.8, 4) is 11.5 Å². The third kappa shape index (κ3) is 3.76. The number of benzene rings is 1. The number of hydrogen-bond acceptors (Lipinski definition) is 6. The van der Waals surface area contributed by atoms with Crippen molar-refractivity contribution in [2.45, 2.75) is 19.4 Å². The summed E-state index contributed by atoms with van der Waals surface area (Å²) in [6.07, 6.45) is 0.826. The summed E-state index contributed by atoms with van der Waals surface area (Å²) in [6.45, 7) is 3.09. The number of nitrogens with two attached hydrogens (primary N) is 1. The van der Waals surface area contributed by atoms with E-state index in [9.17, 15) is 9.59 Å². The van der Waals surface area contributed by atoms with E-state index in [1.165, 1.54) is 0 Å². The average Bonchev–Trinajstić information content (AvgIpc) is 3.38. The van der Waals surface area contributed by atoms with Gasteiger partial charge in [0.15, 0.2) is 0 Å². The van der Waals surface area contributed by atoms with Crippen LogP contribution in [-0.2, 0) is 0 Å². The summed E-state index contributed by atoms with van der Waals surface area (Å²) in [7, 11) is 0. The second-order valence-electron chi connectivity index (χ2n) is 6.85. The monoisotopic (exact) mass is 436 g/mol. The molecule has 1 saturated heterocycles. The number of aryl methyl sites for hydroxylation is 1. The second-order valence-corrected chi connectivity index (χ2v) is 7.61. The summed E-state index contributed by atoms with van der Waals surface area (Å²) in [4.78, 5) is 29.0. The molecule has 9 nitrogen and oxygen atoms in total. The molecule has 3 aromatic rings. The third-order valence-electron chi connectivity index (χ3n) is 4.78. The number of halogens is 2. The Balaban J connectivity index is 1.70. The first-order valence-corrected chi connectivity index (χ1v) is 9.64. The Morgan fingerprint density at radius 2 is 2.17 bits per heavy atom. The van der Waals surface area contributed by atoms with Crippen molar-refractivity contribution >= 4 is 40.5 Å². The van der Waals surface area contributed by atoms with Gasteiger partial charge in [0.25, 0.3) is 5.91 Å². The maximum Gasteiger partial charge on any atom is 0.434 e. The number of H-pyrrole nitrogens is 2. The summed E-state index contributed by atoms with van der Waals surface area (Å²) in [6, 6.07) is 5.24. The van der Waals surface area contributed by atoms with Gasteiger partial charge in [-0.05, 0) is 31.5 Å². The lowest BCUT2D eigenvalue weighted by Crippen LogP contribution is -2.27. The number of nitrogens with zero attached hydrogens (tertiary/aromatic N) is 2. The molecule has 1 amide bonds. The van der Waals surface area contributed by atoms with Gasteiger partial charge in [0, 0.05) is 30.4 Å². The smallest absolute Gasteiger partial charge is 0.388 e. The Morgan fingerprint density at radius 3 is 2.76 bits per heavy atom. The van der Waals surface area contributed by atoms with Crippen LogP contribution < -0.4 is 21.7 Å². The number of carbonyl (C=O) groups excluding carboxylic acids is 1. The molecule has 1 aliphatic rings. The van der Waals surface area contributed by atoms with Gasteiger partial charge in [-0.2, -0.15) is 0 Å². The SMILES string of the molecule is Cc1[nH]c(C(=O)Nc2ccc(-c3n[nH]c(=O)o3)cc2N2CC[C@H](N)C2)c(Cl)c1Cl. The van der Waals surface area contributed by atoms with Crippen LogP contribution in [-0.4, -0.2) is 40.2 Å². The molecule has 3 heterocycles. The molecule has 4 rings (SSSR count). The zero-order valence-corrected chi connectivity index (χ0v) is 16.9. The van der Waals surface area contributed by atoms with Crippen molar-refractivity contribution in [1.82, 2.24) is 15.2 Å². The molecular weight excluding hydrogens is 419 g/mol. The van der Waals surface area contributed by atoms with Crippen molar-refractivity contribution in [2.75, 3.05) is 23.3 Å². The lowest BCUT2D eigenvalue weighted by atomic mass is 10.1. The number of hydrogen-bond donors (Lipinski definition) is 4. The number of aromatic nitrogens is 3. The van der Waals surface area contributed by atoms with Gasteiger partial charge in [-0.3, -0.25) is 4.79 Å². The van der Waals surface area contributed by atoms with Crippen LogP contribution in [0.4, 0.5) is 11.4 Å². The summed E-state index contributed by atoms with van der Waals surface area (Å²) in [5, 5.41) is 9.44. The van der Waals surface area contributed by atoms with Gasteiger partial charge in [-0.25, -0.2) is 9.89 Å². The summed E-state index contributed by atoms with van der Waals surface area (Å²) < 4.78 is 5.04. The minimum absolute atomic E-state index is 0.0323. The quantitative estimate of drug-likeness (QED) is 0.496. The van der Waals surface area contributed by atoms with Crippen LogP contribution in [0, 0.1) is 6.92 Å². The highest BCUT2D eigenvalue weighted by Gasteiger charge is 2.25. The molecule has 0 unspecified atom stereocenters. The van der Waals surface area contributed by atoms with E-state index in [0.717, 1.165) is 18.7 Å². The normalized spacial score (nSPS) is 16.4. The lowest BCUT2D eigenvalue weighted by molar-refractivity contribution is 0.102. The first-order chi connectivity index (χ1) is 13.8. The minimum Gasteiger partial charge on any atom is -0.388 e. The number of nitrogens with one attached hydrogen (secondary N) is 3. The van der Waals surface area contributed by atoms with E-state index in [4.69, 9.17) is 33.4 Å². The topological polar surface area (TPSA) is 133 Å². The van der Waals surface area contributed by atoms with Crippen LogP contribution in [0.2, 0.25) is 10.0 Å². The van der Waals surface area contributed by atoms with E-state index < -0.39 is 11.7 Å². The third-order valence-corrected chi connectivity index (χ3v) is 5.72. The zero-order chi connectivity index (χ0) is 20.7. The Morgan fingerprint density at radius 1 is 1.38 bits per heavy atom. The second kappa shape index (κ2) is 7.58. The van der Waals surface area contributed by atoms with Gasteiger partial charge < -0.3 is 25.4 Å². The molecule has 0 radical (unpaired) electrons. The van der Waals surface area contributed by atoms with E-state index >= 15 is 0 Å². The molecule has 152 valence electrons. The first-order valence-electron chi connectivity index (χ1n) is 8.89. The highest BCUT2D eigenvalue weighted by Crippen LogP contribution is 2.34. The Hall–Kier alpha value is -2.75. The van der Waals surface area contributed by atoms with Crippen LogP contribution in [0.1, 0.15) is 22.6 Å². The lowest BCUT2D eigenvalue weighted by Gasteiger charge is -2.22. The van der Waals surface area contributed by atoms with Crippen LogP contribution in [0.15, 0.2) is 27.4 Å². The minimum atomic E-state index is -0.643. The summed E-state index contributed by atoms with van der Waals surface area (Å²) in [5.41, 5.74) is 8.73. The van der Waals surface area contributed by atoms with E-state index in [2.05, 4.69) is 25.4 Å². The molecule has 1 fully saturated rings.